The van der Waals surface area contributed by atoms with Crippen LogP contribution >= 0.6 is 11.8 Å². The number of carbonyl (C=O) groups excluding carboxylic acids is 3. The van der Waals surface area contributed by atoms with Crippen LogP contribution < -0.4 is 16.4 Å². The smallest absolute Gasteiger partial charge is 0.253 e. The molecule has 1 heterocycles. The second kappa shape index (κ2) is 9.93. The molecule has 4 N–H and O–H groups in total. The Morgan fingerprint density at radius 3 is 2.60 bits per heavy atom. The molecular weight excluding hydrogens is 402 g/mol. The van der Waals surface area contributed by atoms with Crippen molar-refractivity contribution in [3.05, 3.63) is 54.1 Å². The van der Waals surface area contributed by atoms with E-state index in [1.165, 1.54) is 11.8 Å². The van der Waals surface area contributed by atoms with Crippen molar-refractivity contribution in [3.8, 4) is 0 Å². The minimum absolute atomic E-state index is 0.0509. The molecule has 0 aliphatic heterocycles. The summed E-state index contributed by atoms with van der Waals surface area (Å²) in [6, 6.07) is 14.6. The summed E-state index contributed by atoms with van der Waals surface area (Å²) in [6.45, 7) is 2.92. The van der Waals surface area contributed by atoms with Gasteiger partial charge in [-0.25, -0.2) is 4.98 Å². The largest absolute Gasteiger partial charge is 0.370 e. The number of primary amides is 1. The molecule has 156 valence electrons. The molecule has 2 aromatic carbocycles. The second-order valence-corrected chi connectivity index (χ2v) is 7.42. The molecule has 0 radical (unpaired) electrons. The standard InChI is InChI=1S/C21H23N5O3S/c1-2-26-17-10-6-5-9-16(17)25-21(26)30-13-19(28)24-15-8-4-3-7-14(15)20(29)23-12-11-18(22)27/h3-10H,2,11-13H2,1H3,(H2,22,27)(H,23,29)(H,24,28). The van der Waals surface area contributed by atoms with Gasteiger partial charge in [0, 0.05) is 19.5 Å². The number of amides is 3. The van der Waals surface area contributed by atoms with Crippen molar-refractivity contribution in [3.63, 3.8) is 0 Å². The van der Waals surface area contributed by atoms with Gasteiger partial charge in [-0.2, -0.15) is 0 Å². The predicted octanol–water partition coefficient (Wildman–Crippen LogP) is 2.39. The molecule has 0 bridgehead atoms. The molecule has 0 spiro atoms. The SMILES string of the molecule is CCn1c(SCC(=O)Nc2ccccc2C(=O)NCCC(N)=O)nc2ccccc21. The van der Waals surface area contributed by atoms with Gasteiger partial charge in [-0.15, -0.1) is 0 Å². The van der Waals surface area contributed by atoms with Crippen molar-refractivity contribution in [1.82, 2.24) is 14.9 Å². The fraction of sp³-hybridized carbons (Fsp3) is 0.238. The Hall–Kier alpha value is -3.33. The highest BCUT2D eigenvalue weighted by atomic mass is 32.2. The Morgan fingerprint density at radius 1 is 1.10 bits per heavy atom. The summed E-state index contributed by atoms with van der Waals surface area (Å²) < 4.78 is 2.06. The van der Waals surface area contributed by atoms with Crippen LogP contribution in [-0.2, 0) is 16.1 Å². The van der Waals surface area contributed by atoms with Crippen LogP contribution in [0.5, 0.6) is 0 Å². The Balaban J connectivity index is 1.64. The van der Waals surface area contributed by atoms with Crippen molar-refractivity contribution in [1.29, 1.82) is 0 Å². The van der Waals surface area contributed by atoms with Crippen LogP contribution in [0.15, 0.2) is 53.7 Å². The van der Waals surface area contributed by atoms with Crippen LogP contribution in [-0.4, -0.2) is 39.6 Å². The number of nitrogens with zero attached hydrogens (tertiary/aromatic N) is 2. The summed E-state index contributed by atoms with van der Waals surface area (Å²) in [4.78, 5) is 40.3. The lowest BCUT2D eigenvalue weighted by molar-refractivity contribution is -0.118. The van der Waals surface area contributed by atoms with Crippen molar-refractivity contribution in [2.45, 2.75) is 25.0 Å². The molecule has 3 aromatic rings. The molecule has 1 aromatic heterocycles. The van der Waals surface area contributed by atoms with E-state index in [-0.39, 0.29) is 30.5 Å². The van der Waals surface area contributed by atoms with Gasteiger partial charge < -0.3 is 20.9 Å². The molecule has 9 heteroatoms. The quantitative estimate of drug-likeness (QED) is 0.455. The first-order valence-electron chi connectivity index (χ1n) is 9.53. The number of nitrogens with two attached hydrogens (primary N) is 1. The number of rotatable bonds is 9. The van der Waals surface area contributed by atoms with Crippen LogP contribution in [0, 0.1) is 0 Å². The first kappa shape index (κ1) is 21.4. The monoisotopic (exact) mass is 425 g/mol. The molecule has 0 aliphatic rings. The molecule has 30 heavy (non-hydrogen) atoms. The third-order valence-corrected chi connectivity index (χ3v) is 5.35. The summed E-state index contributed by atoms with van der Waals surface area (Å²) in [5.41, 5.74) is 7.73. The number of aromatic nitrogens is 2. The van der Waals surface area contributed by atoms with E-state index in [2.05, 4.69) is 20.2 Å². The fourth-order valence-electron chi connectivity index (χ4n) is 2.97. The van der Waals surface area contributed by atoms with Crippen LogP contribution in [0.4, 0.5) is 5.69 Å². The normalized spacial score (nSPS) is 10.7. The molecule has 0 saturated carbocycles. The van der Waals surface area contributed by atoms with Crippen LogP contribution in [0.1, 0.15) is 23.7 Å². The summed E-state index contributed by atoms with van der Waals surface area (Å²) in [6.07, 6.45) is 0.0509. The minimum atomic E-state index is -0.494. The number of benzene rings is 2. The number of para-hydroxylation sites is 3. The zero-order valence-corrected chi connectivity index (χ0v) is 17.4. The van der Waals surface area contributed by atoms with Crippen LogP contribution in [0.3, 0.4) is 0 Å². The Bertz CT molecular complexity index is 1080. The molecule has 0 atom stereocenters. The first-order chi connectivity index (χ1) is 14.5. The molecular formula is C21H23N5O3S. The van der Waals surface area contributed by atoms with E-state index in [1.54, 1.807) is 24.3 Å². The number of fused-ring (bicyclic) bond motifs is 1. The van der Waals surface area contributed by atoms with Gasteiger partial charge in [-0.1, -0.05) is 36.0 Å². The Kier molecular flexibility index (Phi) is 7.08. The van der Waals surface area contributed by atoms with Gasteiger partial charge in [-0.3, -0.25) is 14.4 Å². The number of hydrogen-bond acceptors (Lipinski definition) is 5. The molecule has 3 rings (SSSR count). The zero-order valence-electron chi connectivity index (χ0n) is 16.6. The molecule has 0 fully saturated rings. The molecule has 0 unspecified atom stereocenters. The van der Waals surface area contributed by atoms with E-state index in [0.29, 0.717) is 11.3 Å². The number of nitrogens with one attached hydrogen (secondary N) is 2. The molecule has 8 nitrogen and oxygen atoms in total. The number of thioether (sulfide) groups is 1. The van der Waals surface area contributed by atoms with Gasteiger partial charge in [0.25, 0.3) is 5.91 Å². The highest BCUT2D eigenvalue weighted by Crippen LogP contribution is 2.24. The molecule has 3 amide bonds. The average molecular weight is 426 g/mol. The molecule has 0 saturated heterocycles. The topological polar surface area (TPSA) is 119 Å². The van der Waals surface area contributed by atoms with Gasteiger partial charge in [0.05, 0.1) is 28.0 Å². The van der Waals surface area contributed by atoms with E-state index in [1.807, 2.05) is 31.2 Å². The van der Waals surface area contributed by atoms with Crippen LogP contribution in [0.2, 0.25) is 0 Å². The number of aryl methyl sites for hydroxylation is 1. The van der Waals surface area contributed by atoms with E-state index < -0.39 is 5.91 Å². The fourth-order valence-corrected chi connectivity index (χ4v) is 3.85. The summed E-state index contributed by atoms with van der Waals surface area (Å²) in [7, 11) is 0. The highest BCUT2D eigenvalue weighted by Gasteiger charge is 2.15. The van der Waals surface area contributed by atoms with E-state index in [0.717, 1.165) is 22.7 Å². The maximum Gasteiger partial charge on any atom is 0.253 e. The summed E-state index contributed by atoms with van der Waals surface area (Å²) in [5.74, 6) is -0.965. The number of anilines is 1. The lowest BCUT2D eigenvalue weighted by Gasteiger charge is -2.11. The third-order valence-electron chi connectivity index (χ3n) is 4.37. The predicted molar refractivity (Wildman–Crippen MR) is 117 cm³/mol. The van der Waals surface area contributed by atoms with Crippen molar-refractivity contribution in [2.24, 2.45) is 5.73 Å². The van der Waals surface area contributed by atoms with E-state index in [9.17, 15) is 14.4 Å². The highest BCUT2D eigenvalue weighted by molar-refractivity contribution is 7.99. The first-order valence-corrected chi connectivity index (χ1v) is 10.5. The second-order valence-electron chi connectivity index (χ2n) is 6.48. The van der Waals surface area contributed by atoms with Crippen molar-refractivity contribution >= 4 is 46.2 Å². The maximum atomic E-state index is 12.5. The van der Waals surface area contributed by atoms with Gasteiger partial charge in [0.15, 0.2) is 5.16 Å². The van der Waals surface area contributed by atoms with Gasteiger partial charge in [0.2, 0.25) is 11.8 Å². The van der Waals surface area contributed by atoms with Crippen molar-refractivity contribution in [2.75, 3.05) is 17.6 Å². The summed E-state index contributed by atoms with van der Waals surface area (Å²) >= 11 is 1.34. The number of carbonyl (C=O) groups is 3. The van der Waals surface area contributed by atoms with E-state index >= 15 is 0 Å². The lowest BCUT2D eigenvalue weighted by Crippen LogP contribution is -2.29. The minimum Gasteiger partial charge on any atom is -0.370 e. The number of hydrogen-bond donors (Lipinski definition) is 3. The van der Waals surface area contributed by atoms with E-state index in [4.69, 9.17) is 5.73 Å². The third kappa shape index (κ3) is 5.18. The summed E-state index contributed by atoms with van der Waals surface area (Å²) in [5, 5.41) is 6.17. The number of imidazole rings is 1. The van der Waals surface area contributed by atoms with Crippen LogP contribution in [0.25, 0.3) is 11.0 Å². The Morgan fingerprint density at radius 2 is 1.83 bits per heavy atom. The Labute approximate surface area is 178 Å². The van der Waals surface area contributed by atoms with Gasteiger partial charge in [0.1, 0.15) is 0 Å². The lowest BCUT2D eigenvalue weighted by atomic mass is 10.1. The average Bonchev–Trinajstić information content (AvgIpc) is 3.09. The zero-order chi connectivity index (χ0) is 21.5. The molecule has 0 aliphatic carbocycles. The van der Waals surface area contributed by atoms with Crippen molar-refractivity contribution < 1.29 is 14.4 Å². The maximum absolute atomic E-state index is 12.5. The van der Waals surface area contributed by atoms with Gasteiger partial charge >= 0.3 is 0 Å². The van der Waals surface area contributed by atoms with Gasteiger partial charge in [-0.05, 0) is 31.2 Å².